The molecular formula is C26H27ClN2O5S. The molecule has 0 aliphatic carbocycles. The van der Waals surface area contributed by atoms with Crippen molar-refractivity contribution in [1.82, 2.24) is 9.21 Å². The van der Waals surface area contributed by atoms with Gasteiger partial charge < -0.3 is 9.47 Å². The number of halogens is 1. The van der Waals surface area contributed by atoms with Crippen molar-refractivity contribution in [3.8, 4) is 5.75 Å². The number of rotatable bonds is 8. The van der Waals surface area contributed by atoms with Crippen LogP contribution in [0.3, 0.4) is 0 Å². The van der Waals surface area contributed by atoms with Crippen molar-refractivity contribution in [2.75, 3.05) is 39.9 Å². The Kier molecular flexibility index (Phi) is 8.07. The van der Waals surface area contributed by atoms with E-state index in [-0.39, 0.29) is 17.5 Å². The lowest BCUT2D eigenvalue weighted by molar-refractivity contribution is -0.142. The summed E-state index contributed by atoms with van der Waals surface area (Å²) in [4.78, 5) is 13.7. The summed E-state index contributed by atoms with van der Waals surface area (Å²) in [6.07, 6.45) is 0. The van der Waals surface area contributed by atoms with E-state index in [9.17, 15) is 13.2 Å². The second kappa shape index (κ2) is 11.2. The van der Waals surface area contributed by atoms with Gasteiger partial charge in [0.25, 0.3) is 0 Å². The highest BCUT2D eigenvalue weighted by molar-refractivity contribution is 7.89. The summed E-state index contributed by atoms with van der Waals surface area (Å²) in [5.41, 5.74) is 2.26. The molecule has 0 amide bonds. The lowest BCUT2D eigenvalue weighted by Gasteiger charge is -2.39. The third kappa shape index (κ3) is 6.02. The molecule has 0 N–H and O–H groups in total. The minimum atomic E-state index is -3.66. The molecule has 3 aromatic carbocycles. The van der Waals surface area contributed by atoms with Gasteiger partial charge in [0, 0.05) is 31.2 Å². The van der Waals surface area contributed by atoms with Crippen molar-refractivity contribution < 1.29 is 22.7 Å². The molecule has 3 aromatic rings. The van der Waals surface area contributed by atoms with Gasteiger partial charge in [0.05, 0.1) is 18.0 Å². The van der Waals surface area contributed by atoms with Gasteiger partial charge in [0.1, 0.15) is 5.75 Å². The van der Waals surface area contributed by atoms with Crippen LogP contribution in [0.15, 0.2) is 83.8 Å². The molecule has 1 aliphatic rings. The predicted octanol–water partition coefficient (Wildman–Crippen LogP) is 3.99. The monoisotopic (exact) mass is 514 g/mol. The standard InChI is InChI=1S/C26H27ClN2O5S/c1-33-25(30)19-34-23-11-13-24(14-12-23)35(31,32)29-17-15-28(16-18-29)26(20-5-3-2-4-6-20)21-7-9-22(27)10-8-21/h2-14,26H,15-19H2,1H3/t26-/m0/s1. The highest BCUT2D eigenvalue weighted by Crippen LogP contribution is 2.31. The normalized spacial score (nSPS) is 15.9. The van der Waals surface area contributed by atoms with Gasteiger partial charge in [-0.1, -0.05) is 54.1 Å². The molecule has 4 rings (SSSR count). The molecule has 1 aliphatic heterocycles. The van der Waals surface area contributed by atoms with Crippen LogP contribution in [-0.4, -0.2) is 63.5 Å². The number of ether oxygens (including phenoxy) is 2. The van der Waals surface area contributed by atoms with Crippen molar-refractivity contribution in [3.05, 3.63) is 95.0 Å². The fourth-order valence-electron chi connectivity index (χ4n) is 4.15. The van der Waals surface area contributed by atoms with Crippen LogP contribution in [0.25, 0.3) is 0 Å². The number of carbonyl (C=O) groups excluding carboxylic acids is 1. The van der Waals surface area contributed by atoms with Crippen LogP contribution in [0.1, 0.15) is 17.2 Å². The summed E-state index contributed by atoms with van der Waals surface area (Å²) in [6.45, 7) is 1.68. The smallest absolute Gasteiger partial charge is 0.343 e. The molecular weight excluding hydrogens is 488 g/mol. The van der Waals surface area contributed by atoms with E-state index < -0.39 is 16.0 Å². The average Bonchev–Trinajstić information content (AvgIpc) is 2.90. The minimum absolute atomic E-state index is 0.00423. The van der Waals surface area contributed by atoms with E-state index in [2.05, 4.69) is 21.8 Å². The topological polar surface area (TPSA) is 76.1 Å². The Hall–Kier alpha value is -2.91. The van der Waals surface area contributed by atoms with E-state index in [1.807, 2.05) is 42.5 Å². The predicted molar refractivity (Wildman–Crippen MR) is 134 cm³/mol. The molecule has 0 bridgehead atoms. The molecule has 1 fully saturated rings. The first kappa shape index (κ1) is 25.2. The number of hydrogen-bond donors (Lipinski definition) is 0. The van der Waals surface area contributed by atoms with E-state index in [1.165, 1.54) is 35.7 Å². The number of piperazine rings is 1. The van der Waals surface area contributed by atoms with Crippen molar-refractivity contribution in [2.45, 2.75) is 10.9 Å². The summed E-state index contributed by atoms with van der Waals surface area (Å²) in [5.74, 6) is -0.111. The van der Waals surface area contributed by atoms with Gasteiger partial charge >= 0.3 is 5.97 Å². The zero-order chi connectivity index (χ0) is 24.8. The maximum atomic E-state index is 13.2. The van der Waals surface area contributed by atoms with Gasteiger partial charge in [0.2, 0.25) is 10.0 Å². The molecule has 0 aromatic heterocycles. The fourth-order valence-corrected chi connectivity index (χ4v) is 5.70. The second-order valence-corrected chi connectivity index (χ2v) is 10.5. The van der Waals surface area contributed by atoms with Crippen LogP contribution in [-0.2, 0) is 19.6 Å². The molecule has 0 spiro atoms. The molecule has 0 radical (unpaired) electrons. The van der Waals surface area contributed by atoms with E-state index in [0.29, 0.717) is 37.0 Å². The summed E-state index contributed by atoms with van der Waals surface area (Å²) in [7, 11) is -2.38. The molecule has 9 heteroatoms. The molecule has 7 nitrogen and oxygen atoms in total. The third-order valence-corrected chi connectivity index (χ3v) is 8.15. The summed E-state index contributed by atoms with van der Waals surface area (Å²) >= 11 is 6.11. The van der Waals surface area contributed by atoms with E-state index >= 15 is 0 Å². The van der Waals surface area contributed by atoms with Gasteiger partial charge in [-0.15, -0.1) is 0 Å². The van der Waals surface area contributed by atoms with E-state index in [1.54, 1.807) is 0 Å². The van der Waals surface area contributed by atoms with Crippen LogP contribution in [0.4, 0.5) is 0 Å². The van der Waals surface area contributed by atoms with Crippen molar-refractivity contribution in [1.29, 1.82) is 0 Å². The van der Waals surface area contributed by atoms with Crippen molar-refractivity contribution >= 4 is 27.6 Å². The molecule has 184 valence electrons. The fraction of sp³-hybridized carbons (Fsp3) is 0.269. The quantitative estimate of drug-likeness (QED) is 0.423. The number of benzene rings is 3. The summed E-state index contributed by atoms with van der Waals surface area (Å²) in [6, 6.07) is 24.1. The zero-order valence-corrected chi connectivity index (χ0v) is 20.9. The molecule has 0 unspecified atom stereocenters. The maximum Gasteiger partial charge on any atom is 0.343 e. The number of sulfonamides is 1. The van der Waals surface area contributed by atoms with Gasteiger partial charge in [-0.2, -0.15) is 4.31 Å². The number of methoxy groups -OCH3 is 1. The zero-order valence-electron chi connectivity index (χ0n) is 19.3. The van der Waals surface area contributed by atoms with Crippen LogP contribution in [0.5, 0.6) is 5.75 Å². The highest BCUT2D eigenvalue weighted by Gasteiger charge is 2.32. The SMILES string of the molecule is COC(=O)COc1ccc(S(=O)(=O)N2CCN([C@@H](c3ccccc3)c3ccc(Cl)cc3)CC2)cc1. The van der Waals surface area contributed by atoms with Gasteiger partial charge in [-0.25, -0.2) is 13.2 Å². The molecule has 0 saturated carbocycles. The van der Waals surface area contributed by atoms with Gasteiger partial charge in [-0.05, 0) is 47.5 Å². The second-order valence-electron chi connectivity index (χ2n) is 8.14. The Morgan fingerprint density at radius 3 is 2.09 bits per heavy atom. The van der Waals surface area contributed by atoms with Crippen LogP contribution < -0.4 is 4.74 Å². The Morgan fingerprint density at radius 2 is 1.49 bits per heavy atom. The summed E-state index contributed by atoms with van der Waals surface area (Å²) in [5, 5.41) is 0.679. The largest absolute Gasteiger partial charge is 0.482 e. The van der Waals surface area contributed by atoms with Crippen molar-refractivity contribution in [3.63, 3.8) is 0 Å². The van der Waals surface area contributed by atoms with Gasteiger partial charge in [-0.3, -0.25) is 4.90 Å². The van der Waals surface area contributed by atoms with E-state index in [0.717, 1.165) is 11.1 Å². The Labute approximate surface area is 210 Å². The average molecular weight is 515 g/mol. The van der Waals surface area contributed by atoms with Crippen LogP contribution in [0, 0.1) is 0 Å². The minimum Gasteiger partial charge on any atom is -0.482 e. The number of hydrogen-bond acceptors (Lipinski definition) is 6. The molecule has 1 heterocycles. The third-order valence-electron chi connectivity index (χ3n) is 5.99. The molecule has 35 heavy (non-hydrogen) atoms. The van der Waals surface area contributed by atoms with Gasteiger partial charge in [0.15, 0.2) is 6.61 Å². The number of esters is 1. The van der Waals surface area contributed by atoms with E-state index in [4.69, 9.17) is 16.3 Å². The first-order valence-electron chi connectivity index (χ1n) is 11.2. The molecule has 1 saturated heterocycles. The number of carbonyl (C=O) groups is 1. The Morgan fingerprint density at radius 1 is 0.886 bits per heavy atom. The lowest BCUT2D eigenvalue weighted by atomic mass is 9.96. The first-order valence-corrected chi connectivity index (χ1v) is 13.0. The van der Waals surface area contributed by atoms with Crippen LogP contribution in [0.2, 0.25) is 5.02 Å². The first-order chi connectivity index (χ1) is 16.9. The van der Waals surface area contributed by atoms with Crippen molar-refractivity contribution in [2.24, 2.45) is 0 Å². The maximum absolute atomic E-state index is 13.2. The van der Waals surface area contributed by atoms with Crippen LogP contribution >= 0.6 is 11.6 Å². The Bertz CT molecular complexity index is 1230. The highest BCUT2D eigenvalue weighted by atomic mass is 35.5. The summed E-state index contributed by atoms with van der Waals surface area (Å²) < 4.78 is 37.8. The lowest BCUT2D eigenvalue weighted by Crippen LogP contribution is -2.49. The number of nitrogens with zero attached hydrogens (tertiary/aromatic N) is 2. The molecule has 1 atom stereocenters. The Balaban J connectivity index is 1.46.